The van der Waals surface area contributed by atoms with Crippen LogP contribution in [-0.4, -0.2) is 28.6 Å². The Balaban J connectivity index is 2.69. The van der Waals surface area contributed by atoms with Gasteiger partial charge in [0.05, 0.1) is 11.0 Å². The molecule has 1 aromatic rings. The number of amides is 1. The van der Waals surface area contributed by atoms with E-state index in [1.165, 1.54) is 24.3 Å². The van der Waals surface area contributed by atoms with Gasteiger partial charge in [-0.2, -0.15) is 0 Å². The second kappa shape index (κ2) is 5.79. The van der Waals surface area contributed by atoms with Crippen molar-refractivity contribution < 1.29 is 14.8 Å². The summed E-state index contributed by atoms with van der Waals surface area (Å²) in [5.41, 5.74) is -0.269. The molecule has 6 nitrogen and oxygen atoms in total. The zero-order chi connectivity index (χ0) is 14.6. The van der Waals surface area contributed by atoms with Gasteiger partial charge in [-0.05, 0) is 11.5 Å². The third-order valence-corrected chi connectivity index (χ3v) is 2.77. The summed E-state index contributed by atoms with van der Waals surface area (Å²) < 4.78 is 0. The number of carbonyl (C=O) groups is 1. The Morgan fingerprint density at radius 3 is 2.63 bits per heavy atom. The molecule has 0 aliphatic rings. The number of rotatable bonds is 4. The Morgan fingerprint density at radius 1 is 1.47 bits per heavy atom. The van der Waals surface area contributed by atoms with E-state index in [-0.39, 0.29) is 23.2 Å². The average molecular weight is 266 g/mol. The van der Waals surface area contributed by atoms with Crippen molar-refractivity contribution >= 4 is 11.6 Å². The highest BCUT2D eigenvalue weighted by atomic mass is 16.6. The quantitative estimate of drug-likeness (QED) is 0.641. The highest BCUT2D eigenvalue weighted by Gasteiger charge is 2.22. The largest absolute Gasteiger partial charge is 0.391 e. The predicted molar refractivity (Wildman–Crippen MR) is 70.9 cm³/mol. The lowest BCUT2D eigenvalue weighted by molar-refractivity contribution is -0.384. The fourth-order valence-electron chi connectivity index (χ4n) is 1.36. The maximum Gasteiger partial charge on any atom is 0.270 e. The number of hydrogen-bond acceptors (Lipinski definition) is 4. The topological polar surface area (TPSA) is 92.5 Å². The van der Waals surface area contributed by atoms with E-state index < -0.39 is 16.9 Å². The fraction of sp³-hybridized carbons (Fsp3) is 0.462. The number of nitrogens with zero attached hydrogens (tertiary/aromatic N) is 1. The molecule has 0 bridgehead atoms. The standard InChI is InChI=1S/C13H18N2O4/c1-13(2,3)11(16)8-14-12(17)9-5-4-6-10(7-9)15(18)19/h4-7,11,16H,8H2,1-3H3,(H,14,17). The van der Waals surface area contributed by atoms with Crippen LogP contribution in [0.2, 0.25) is 0 Å². The minimum atomic E-state index is -0.685. The van der Waals surface area contributed by atoms with Gasteiger partial charge in [0.25, 0.3) is 11.6 Å². The summed E-state index contributed by atoms with van der Waals surface area (Å²) in [6.07, 6.45) is -0.685. The number of nitro groups is 1. The highest BCUT2D eigenvalue weighted by Crippen LogP contribution is 2.18. The third kappa shape index (κ3) is 4.33. The van der Waals surface area contributed by atoms with E-state index >= 15 is 0 Å². The number of benzene rings is 1. The number of nitro benzene ring substituents is 1. The van der Waals surface area contributed by atoms with E-state index in [4.69, 9.17) is 0 Å². The van der Waals surface area contributed by atoms with Crippen molar-refractivity contribution in [1.29, 1.82) is 0 Å². The van der Waals surface area contributed by atoms with E-state index in [1.54, 1.807) is 0 Å². The number of aliphatic hydroxyl groups excluding tert-OH is 1. The van der Waals surface area contributed by atoms with E-state index in [0.29, 0.717) is 0 Å². The summed E-state index contributed by atoms with van der Waals surface area (Å²) in [5.74, 6) is -0.438. The van der Waals surface area contributed by atoms with Crippen LogP contribution in [0.15, 0.2) is 24.3 Å². The Hall–Kier alpha value is -1.95. The molecular formula is C13H18N2O4. The summed E-state index contributed by atoms with van der Waals surface area (Å²) in [6, 6.07) is 5.47. The average Bonchev–Trinajstić information content (AvgIpc) is 2.34. The summed E-state index contributed by atoms with van der Waals surface area (Å²) in [6.45, 7) is 5.68. The summed E-state index contributed by atoms with van der Waals surface area (Å²) in [7, 11) is 0. The number of nitrogens with one attached hydrogen (secondary N) is 1. The van der Waals surface area contributed by atoms with Crippen LogP contribution in [0.25, 0.3) is 0 Å². The first-order valence-corrected chi connectivity index (χ1v) is 5.92. The van der Waals surface area contributed by atoms with Crippen molar-refractivity contribution in [2.75, 3.05) is 6.54 Å². The molecular weight excluding hydrogens is 248 g/mol. The van der Waals surface area contributed by atoms with Gasteiger partial charge in [0.2, 0.25) is 0 Å². The van der Waals surface area contributed by atoms with E-state index in [1.807, 2.05) is 20.8 Å². The van der Waals surface area contributed by atoms with E-state index in [2.05, 4.69) is 5.32 Å². The zero-order valence-corrected chi connectivity index (χ0v) is 11.2. The minimum absolute atomic E-state index is 0.102. The summed E-state index contributed by atoms with van der Waals surface area (Å²) in [4.78, 5) is 21.9. The second-order valence-corrected chi connectivity index (χ2v) is 5.40. The molecule has 6 heteroatoms. The van der Waals surface area contributed by atoms with Crippen molar-refractivity contribution in [2.45, 2.75) is 26.9 Å². The highest BCUT2D eigenvalue weighted by molar-refractivity contribution is 5.94. The van der Waals surface area contributed by atoms with E-state index in [9.17, 15) is 20.0 Å². The van der Waals surface area contributed by atoms with Crippen LogP contribution in [-0.2, 0) is 0 Å². The summed E-state index contributed by atoms with van der Waals surface area (Å²) in [5, 5.41) is 23.0. The van der Waals surface area contributed by atoms with Crippen LogP contribution >= 0.6 is 0 Å². The van der Waals surface area contributed by atoms with Crippen LogP contribution in [0.1, 0.15) is 31.1 Å². The van der Waals surface area contributed by atoms with Crippen LogP contribution in [0, 0.1) is 15.5 Å². The molecule has 1 aromatic carbocycles. The van der Waals surface area contributed by atoms with Crippen molar-refractivity contribution in [3.63, 3.8) is 0 Å². The molecule has 0 saturated carbocycles. The lowest BCUT2D eigenvalue weighted by Gasteiger charge is -2.25. The van der Waals surface area contributed by atoms with Gasteiger partial charge in [-0.3, -0.25) is 14.9 Å². The molecule has 0 aromatic heterocycles. The fourth-order valence-corrected chi connectivity index (χ4v) is 1.36. The van der Waals surface area contributed by atoms with Gasteiger partial charge < -0.3 is 10.4 Å². The van der Waals surface area contributed by atoms with Crippen LogP contribution in [0.3, 0.4) is 0 Å². The molecule has 0 fully saturated rings. The molecule has 0 saturated heterocycles. The number of aliphatic hydroxyl groups is 1. The molecule has 0 spiro atoms. The first-order valence-electron chi connectivity index (χ1n) is 5.92. The molecule has 1 unspecified atom stereocenters. The third-order valence-electron chi connectivity index (χ3n) is 2.77. The van der Waals surface area contributed by atoms with Crippen LogP contribution < -0.4 is 5.32 Å². The van der Waals surface area contributed by atoms with Gasteiger partial charge in [0.1, 0.15) is 0 Å². The second-order valence-electron chi connectivity index (χ2n) is 5.40. The zero-order valence-electron chi connectivity index (χ0n) is 11.2. The SMILES string of the molecule is CC(C)(C)C(O)CNC(=O)c1cccc([N+](=O)[O-])c1. The monoisotopic (exact) mass is 266 g/mol. The van der Waals surface area contributed by atoms with Crippen molar-refractivity contribution in [2.24, 2.45) is 5.41 Å². The lowest BCUT2D eigenvalue weighted by atomic mass is 9.89. The summed E-state index contributed by atoms with van der Waals surface area (Å²) >= 11 is 0. The maximum atomic E-state index is 11.8. The maximum absolute atomic E-state index is 11.8. The van der Waals surface area contributed by atoms with Gasteiger partial charge in [0, 0.05) is 24.2 Å². The molecule has 0 heterocycles. The van der Waals surface area contributed by atoms with Gasteiger partial charge in [-0.15, -0.1) is 0 Å². The Labute approximate surface area is 111 Å². The molecule has 1 amide bonds. The number of carbonyl (C=O) groups excluding carboxylic acids is 1. The predicted octanol–water partition coefficient (Wildman–Crippen LogP) is 1.73. The Morgan fingerprint density at radius 2 is 2.11 bits per heavy atom. The molecule has 0 aliphatic heterocycles. The Kier molecular flexibility index (Phi) is 4.61. The molecule has 19 heavy (non-hydrogen) atoms. The van der Waals surface area contributed by atoms with Crippen LogP contribution in [0.4, 0.5) is 5.69 Å². The molecule has 0 aliphatic carbocycles. The smallest absolute Gasteiger partial charge is 0.270 e. The first-order chi connectivity index (χ1) is 8.71. The van der Waals surface area contributed by atoms with Gasteiger partial charge in [-0.1, -0.05) is 26.8 Å². The van der Waals surface area contributed by atoms with Crippen molar-refractivity contribution in [3.8, 4) is 0 Å². The molecule has 104 valence electrons. The molecule has 2 N–H and O–H groups in total. The molecule has 1 atom stereocenters. The van der Waals surface area contributed by atoms with Gasteiger partial charge in [-0.25, -0.2) is 0 Å². The van der Waals surface area contributed by atoms with Crippen molar-refractivity contribution in [1.82, 2.24) is 5.32 Å². The van der Waals surface area contributed by atoms with Crippen molar-refractivity contribution in [3.05, 3.63) is 39.9 Å². The first kappa shape index (κ1) is 15.1. The molecule has 1 rings (SSSR count). The minimum Gasteiger partial charge on any atom is -0.391 e. The number of hydrogen-bond donors (Lipinski definition) is 2. The normalized spacial score (nSPS) is 12.8. The number of non-ortho nitro benzene ring substituents is 1. The van der Waals surface area contributed by atoms with Gasteiger partial charge in [0.15, 0.2) is 0 Å². The van der Waals surface area contributed by atoms with Gasteiger partial charge >= 0.3 is 0 Å². The molecule has 0 radical (unpaired) electrons. The Bertz CT molecular complexity index is 480. The lowest BCUT2D eigenvalue weighted by Crippen LogP contribution is -2.39. The van der Waals surface area contributed by atoms with E-state index in [0.717, 1.165) is 0 Å². The van der Waals surface area contributed by atoms with Crippen LogP contribution in [0.5, 0.6) is 0 Å².